The second kappa shape index (κ2) is 9.84. The van der Waals surface area contributed by atoms with Crippen LogP contribution in [0.2, 0.25) is 0 Å². The number of anilines is 1. The standard InChI is InChI=1S/C21H29FN4O3/c1-16(27)26(9-4-14-28-3)15-19-20(17-5-7-18(22)8-6-17)23-29-21(19)25-12-10-24(2)11-13-25/h5-8H,4,9-15H2,1-3H3. The van der Waals surface area contributed by atoms with E-state index in [0.29, 0.717) is 31.3 Å². The molecule has 158 valence electrons. The highest BCUT2D eigenvalue weighted by atomic mass is 19.1. The maximum Gasteiger partial charge on any atom is 0.232 e. The van der Waals surface area contributed by atoms with Crippen LogP contribution in [0.5, 0.6) is 0 Å². The van der Waals surface area contributed by atoms with Gasteiger partial charge in [0.1, 0.15) is 11.5 Å². The monoisotopic (exact) mass is 404 g/mol. The van der Waals surface area contributed by atoms with Gasteiger partial charge in [-0.05, 0) is 37.7 Å². The van der Waals surface area contributed by atoms with Gasteiger partial charge in [-0.2, -0.15) is 0 Å². The zero-order valence-electron chi connectivity index (χ0n) is 17.4. The zero-order valence-corrected chi connectivity index (χ0v) is 17.4. The molecule has 0 atom stereocenters. The Bertz CT molecular complexity index is 801. The van der Waals surface area contributed by atoms with E-state index in [1.807, 2.05) is 0 Å². The van der Waals surface area contributed by atoms with Crippen LogP contribution in [0.4, 0.5) is 10.3 Å². The molecule has 7 nitrogen and oxygen atoms in total. The van der Waals surface area contributed by atoms with Gasteiger partial charge in [-0.1, -0.05) is 5.16 Å². The van der Waals surface area contributed by atoms with E-state index in [2.05, 4.69) is 22.0 Å². The van der Waals surface area contributed by atoms with Gasteiger partial charge >= 0.3 is 0 Å². The van der Waals surface area contributed by atoms with Gasteiger partial charge in [-0.15, -0.1) is 0 Å². The van der Waals surface area contributed by atoms with Gasteiger partial charge in [0.15, 0.2) is 0 Å². The lowest BCUT2D eigenvalue weighted by atomic mass is 10.1. The topological polar surface area (TPSA) is 62.1 Å². The molecule has 1 aliphatic rings. The third kappa shape index (κ3) is 5.33. The summed E-state index contributed by atoms with van der Waals surface area (Å²) in [6.07, 6.45) is 0.747. The molecule has 1 saturated heterocycles. The van der Waals surface area contributed by atoms with E-state index in [1.165, 1.54) is 12.1 Å². The molecule has 0 saturated carbocycles. The number of likely N-dealkylation sites (N-methyl/N-ethyl adjacent to an activating group) is 1. The molecule has 1 aromatic heterocycles. The Balaban J connectivity index is 1.92. The first-order valence-electron chi connectivity index (χ1n) is 9.92. The fourth-order valence-electron chi connectivity index (χ4n) is 3.47. The van der Waals surface area contributed by atoms with Crippen LogP contribution < -0.4 is 4.90 Å². The fourth-order valence-corrected chi connectivity index (χ4v) is 3.47. The van der Waals surface area contributed by atoms with E-state index in [4.69, 9.17) is 9.26 Å². The van der Waals surface area contributed by atoms with Crippen molar-refractivity contribution < 1.29 is 18.4 Å². The van der Waals surface area contributed by atoms with Crippen LogP contribution in [-0.4, -0.2) is 74.4 Å². The molecule has 2 aromatic rings. The fraction of sp³-hybridized carbons (Fsp3) is 0.524. The molecule has 8 heteroatoms. The minimum atomic E-state index is -0.303. The Hall–Kier alpha value is -2.45. The molecule has 0 unspecified atom stereocenters. The van der Waals surface area contributed by atoms with Crippen LogP contribution in [0.3, 0.4) is 0 Å². The van der Waals surface area contributed by atoms with Crippen molar-refractivity contribution >= 4 is 11.8 Å². The summed E-state index contributed by atoms with van der Waals surface area (Å²) < 4.78 is 24.3. The molecule has 1 fully saturated rings. The number of hydrogen-bond donors (Lipinski definition) is 0. The number of nitrogens with zero attached hydrogens (tertiary/aromatic N) is 4. The minimum absolute atomic E-state index is 0.0170. The minimum Gasteiger partial charge on any atom is -0.385 e. The number of ether oxygens (including phenoxy) is 1. The van der Waals surface area contributed by atoms with Gasteiger partial charge in [-0.25, -0.2) is 4.39 Å². The van der Waals surface area contributed by atoms with Gasteiger partial charge < -0.3 is 24.0 Å². The Morgan fingerprint density at radius 3 is 2.55 bits per heavy atom. The van der Waals surface area contributed by atoms with Crippen LogP contribution in [-0.2, 0) is 16.1 Å². The molecular weight excluding hydrogens is 375 g/mol. The number of benzene rings is 1. The first-order valence-corrected chi connectivity index (χ1v) is 9.92. The lowest BCUT2D eigenvalue weighted by Gasteiger charge is -2.32. The van der Waals surface area contributed by atoms with E-state index < -0.39 is 0 Å². The predicted octanol–water partition coefficient (Wildman–Crippen LogP) is 2.62. The summed E-state index contributed by atoms with van der Waals surface area (Å²) >= 11 is 0. The molecule has 1 amide bonds. The van der Waals surface area contributed by atoms with Crippen molar-refractivity contribution in [1.29, 1.82) is 0 Å². The van der Waals surface area contributed by atoms with Crippen molar-refractivity contribution in [3.05, 3.63) is 35.6 Å². The van der Waals surface area contributed by atoms with Crippen LogP contribution in [0, 0.1) is 5.82 Å². The molecule has 0 bridgehead atoms. The Labute approximate surface area is 171 Å². The van der Waals surface area contributed by atoms with Crippen LogP contribution in [0.25, 0.3) is 11.3 Å². The number of rotatable bonds is 8. The molecular formula is C21H29FN4O3. The second-order valence-electron chi connectivity index (χ2n) is 7.40. The number of amides is 1. The van der Waals surface area contributed by atoms with E-state index in [9.17, 15) is 9.18 Å². The SMILES string of the molecule is COCCCN(Cc1c(-c2ccc(F)cc2)noc1N1CCN(C)CC1)C(C)=O. The number of carbonyl (C=O) groups is 1. The van der Waals surface area contributed by atoms with E-state index in [0.717, 1.165) is 43.7 Å². The van der Waals surface area contributed by atoms with E-state index in [1.54, 1.807) is 31.1 Å². The molecule has 1 aliphatic heterocycles. The van der Waals surface area contributed by atoms with Crippen LogP contribution >= 0.6 is 0 Å². The molecule has 1 aromatic carbocycles. The summed E-state index contributed by atoms with van der Waals surface area (Å²) in [4.78, 5) is 18.5. The number of carbonyl (C=O) groups excluding carboxylic acids is 1. The van der Waals surface area contributed by atoms with E-state index in [-0.39, 0.29) is 11.7 Å². The normalized spacial score (nSPS) is 15.0. The maximum absolute atomic E-state index is 13.4. The number of hydrogen-bond acceptors (Lipinski definition) is 6. The average molecular weight is 404 g/mol. The molecule has 3 rings (SSSR count). The van der Waals surface area contributed by atoms with Crippen molar-refractivity contribution in [1.82, 2.24) is 15.0 Å². The van der Waals surface area contributed by atoms with Gasteiger partial charge in [-0.3, -0.25) is 4.79 Å². The quantitative estimate of drug-likeness (QED) is 0.631. The zero-order chi connectivity index (χ0) is 20.8. The van der Waals surface area contributed by atoms with Gasteiger partial charge in [0.2, 0.25) is 11.8 Å². The average Bonchev–Trinajstić information content (AvgIpc) is 3.12. The third-order valence-electron chi connectivity index (χ3n) is 5.25. The van der Waals surface area contributed by atoms with Crippen molar-refractivity contribution in [3.8, 4) is 11.3 Å². The number of methoxy groups -OCH3 is 1. The largest absolute Gasteiger partial charge is 0.385 e. The van der Waals surface area contributed by atoms with Crippen molar-refractivity contribution in [2.75, 3.05) is 58.4 Å². The van der Waals surface area contributed by atoms with Crippen LogP contribution in [0.1, 0.15) is 18.9 Å². The first-order chi connectivity index (χ1) is 14.0. The molecule has 0 aliphatic carbocycles. The van der Waals surface area contributed by atoms with Crippen molar-refractivity contribution in [2.24, 2.45) is 0 Å². The molecule has 0 radical (unpaired) electrons. The Morgan fingerprint density at radius 2 is 1.93 bits per heavy atom. The molecule has 0 spiro atoms. The van der Waals surface area contributed by atoms with Gasteiger partial charge in [0.05, 0.1) is 12.1 Å². The Morgan fingerprint density at radius 1 is 1.24 bits per heavy atom. The molecule has 29 heavy (non-hydrogen) atoms. The first kappa shape index (κ1) is 21.3. The summed E-state index contributed by atoms with van der Waals surface area (Å²) in [5, 5.41) is 4.30. The van der Waals surface area contributed by atoms with Crippen molar-refractivity contribution in [3.63, 3.8) is 0 Å². The summed E-state index contributed by atoms with van der Waals surface area (Å²) in [6.45, 7) is 6.62. The molecule has 2 heterocycles. The smallest absolute Gasteiger partial charge is 0.232 e. The number of halogens is 1. The highest BCUT2D eigenvalue weighted by Gasteiger charge is 2.27. The predicted molar refractivity (Wildman–Crippen MR) is 109 cm³/mol. The maximum atomic E-state index is 13.4. The summed E-state index contributed by atoms with van der Waals surface area (Å²) in [7, 11) is 3.74. The van der Waals surface area contributed by atoms with E-state index >= 15 is 0 Å². The second-order valence-corrected chi connectivity index (χ2v) is 7.40. The van der Waals surface area contributed by atoms with Gasteiger partial charge in [0.25, 0.3) is 0 Å². The Kier molecular flexibility index (Phi) is 7.22. The van der Waals surface area contributed by atoms with Crippen LogP contribution in [0.15, 0.2) is 28.8 Å². The number of aromatic nitrogens is 1. The van der Waals surface area contributed by atoms with Crippen molar-refractivity contribution in [2.45, 2.75) is 19.9 Å². The molecule has 0 N–H and O–H groups in total. The summed E-state index contributed by atoms with van der Waals surface area (Å²) in [6, 6.07) is 6.19. The number of piperazine rings is 1. The van der Waals surface area contributed by atoms with Gasteiger partial charge in [0, 0.05) is 58.9 Å². The lowest BCUT2D eigenvalue weighted by Crippen LogP contribution is -2.44. The summed E-state index contributed by atoms with van der Waals surface area (Å²) in [5.74, 6) is 0.370. The third-order valence-corrected chi connectivity index (χ3v) is 5.25. The lowest BCUT2D eigenvalue weighted by molar-refractivity contribution is -0.129. The highest BCUT2D eigenvalue weighted by Crippen LogP contribution is 2.33. The highest BCUT2D eigenvalue weighted by molar-refractivity contribution is 5.75. The summed E-state index contributed by atoms with van der Waals surface area (Å²) in [5.41, 5.74) is 2.27.